The van der Waals surface area contributed by atoms with Gasteiger partial charge in [-0.1, -0.05) is 11.6 Å². The van der Waals surface area contributed by atoms with Gasteiger partial charge in [0.05, 0.1) is 12.1 Å². The molecule has 0 saturated carbocycles. The van der Waals surface area contributed by atoms with Crippen LogP contribution in [0.1, 0.15) is 10.6 Å². The maximum atomic E-state index is 11.6. The molecular weight excluding hydrogens is 244 g/mol. The minimum absolute atomic E-state index is 0.138. The van der Waals surface area contributed by atoms with Gasteiger partial charge < -0.3 is 10.1 Å². The molecule has 0 spiro atoms. The van der Waals surface area contributed by atoms with Gasteiger partial charge in [-0.05, 0) is 12.1 Å². The van der Waals surface area contributed by atoms with Gasteiger partial charge in [0, 0.05) is 11.8 Å². The Morgan fingerprint density at radius 3 is 3.00 bits per heavy atom. The lowest BCUT2D eigenvalue weighted by Gasteiger charge is -2.06. The smallest absolute Gasteiger partial charge is 0.292 e. The highest BCUT2D eigenvalue weighted by Gasteiger charge is 2.10. The number of nitrogens with zero attached hydrogens (tertiary/aromatic N) is 2. The van der Waals surface area contributed by atoms with E-state index in [1.54, 1.807) is 18.2 Å². The highest BCUT2D eigenvalue weighted by atomic mass is 35.5. The Bertz CT molecular complexity index is 527. The molecule has 88 valence electrons. The number of nitrogens with one attached hydrogen (secondary N) is 2. The van der Waals surface area contributed by atoms with Crippen molar-refractivity contribution in [3.05, 3.63) is 35.4 Å². The Morgan fingerprint density at radius 2 is 2.35 bits per heavy atom. The molecule has 0 radical (unpaired) electrons. The molecule has 1 heterocycles. The number of carbonyl (C=O) groups is 1. The molecule has 0 aliphatic rings. The molecule has 0 bridgehead atoms. The summed E-state index contributed by atoms with van der Waals surface area (Å²) in [7, 11) is 1.50. The van der Waals surface area contributed by atoms with Crippen molar-refractivity contribution < 1.29 is 9.53 Å². The highest BCUT2D eigenvalue weighted by Crippen LogP contribution is 2.27. The maximum absolute atomic E-state index is 11.6. The molecule has 2 rings (SSSR count). The molecule has 0 aliphatic heterocycles. The summed E-state index contributed by atoms with van der Waals surface area (Å²) in [4.78, 5) is 15.4. The first-order valence-electron chi connectivity index (χ1n) is 4.71. The standard InChI is InChI=1S/C10H9ClN4O2/c1-17-8-4-6(2-3-7(8)11)14-10(16)9-12-5-13-15-9/h2-5H,1H3,(H,14,16)(H,12,13,15). The monoisotopic (exact) mass is 252 g/mol. The Balaban J connectivity index is 2.16. The molecule has 0 atom stereocenters. The van der Waals surface area contributed by atoms with Gasteiger partial charge in [0.2, 0.25) is 5.82 Å². The highest BCUT2D eigenvalue weighted by molar-refractivity contribution is 6.32. The number of hydrogen-bond acceptors (Lipinski definition) is 4. The Morgan fingerprint density at radius 1 is 1.53 bits per heavy atom. The van der Waals surface area contributed by atoms with Gasteiger partial charge in [0.15, 0.2) is 0 Å². The van der Waals surface area contributed by atoms with Crippen LogP contribution in [0.4, 0.5) is 5.69 Å². The topological polar surface area (TPSA) is 79.9 Å². The van der Waals surface area contributed by atoms with Crippen molar-refractivity contribution in [1.82, 2.24) is 15.2 Å². The van der Waals surface area contributed by atoms with Gasteiger partial charge >= 0.3 is 0 Å². The second kappa shape index (κ2) is 4.84. The Kier molecular flexibility index (Phi) is 3.24. The van der Waals surface area contributed by atoms with E-state index in [1.165, 1.54) is 13.4 Å². The number of rotatable bonds is 3. The van der Waals surface area contributed by atoms with E-state index in [1.807, 2.05) is 0 Å². The van der Waals surface area contributed by atoms with E-state index in [0.717, 1.165) is 0 Å². The van der Waals surface area contributed by atoms with E-state index < -0.39 is 0 Å². The number of amides is 1. The van der Waals surface area contributed by atoms with Crippen LogP contribution in [-0.4, -0.2) is 28.2 Å². The average Bonchev–Trinajstić information content (AvgIpc) is 2.85. The molecular formula is C10H9ClN4O2. The lowest BCUT2D eigenvalue weighted by molar-refractivity contribution is 0.101. The van der Waals surface area contributed by atoms with Crippen molar-refractivity contribution in [3.63, 3.8) is 0 Å². The van der Waals surface area contributed by atoms with Crippen molar-refractivity contribution >= 4 is 23.2 Å². The molecule has 0 unspecified atom stereocenters. The quantitative estimate of drug-likeness (QED) is 0.872. The van der Waals surface area contributed by atoms with E-state index in [9.17, 15) is 4.79 Å². The number of aromatic amines is 1. The number of methoxy groups -OCH3 is 1. The number of halogens is 1. The van der Waals surface area contributed by atoms with Crippen LogP contribution in [0.15, 0.2) is 24.5 Å². The van der Waals surface area contributed by atoms with Gasteiger partial charge in [-0.2, -0.15) is 5.10 Å². The van der Waals surface area contributed by atoms with E-state index in [4.69, 9.17) is 16.3 Å². The number of hydrogen-bond donors (Lipinski definition) is 2. The van der Waals surface area contributed by atoms with Gasteiger partial charge in [0.1, 0.15) is 12.1 Å². The second-order valence-corrected chi connectivity index (χ2v) is 3.54. The summed E-state index contributed by atoms with van der Waals surface area (Å²) < 4.78 is 5.04. The third-order valence-corrected chi connectivity index (χ3v) is 2.35. The molecule has 2 N–H and O–H groups in total. The summed E-state index contributed by atoms with van der Waals surface area (Å²) in [5.41, 5.74) is 0.563. The lowest BCUT2D eigenvalue weighted by Crippen LogP contribution is -2.13. The fourth-order valence-corrected chi connectivity index (χ4v) is 1.44. The number of benzene rings is 1. The van der Waals surface area contributed by atoms with Gasteiger partial charge in [-0.15, -0.1) is 0 Å². The predicted octanol–water partition coefficient (Wildman–Crippen LogP) is 1.72. The zero-order valence-electron chi connectivity index (χ0n) is 8.90. The summed E-state index contributed by atoms with van der Waals surface area (Å²) in [6.07, 6.45) is 1.26. The molecule has 0 fully saturated rings. The molecule has 0 aliphatic carbocycles. The van der Waals surface area contributed by atoms with Crippen LogP contribution < -0.4 is 10.1 Å². The summed E-state index contributed by atoms with van der Waals surface area (Å²) in [6.45, 7) is 0. The summed E-state index contributed by atoms with van der Waals surface area (Å²) >= 11 is 5.87. The van der Waals surface area contributed by atoms with Crippen molar-refractivity contribution in [1.29, 1.82) is 0 Å². The third-order valence-electron chi connectivity index (χ3n) is 2.04. The number of anilines is 1. The second-order valence-electron chi connectivity index (χ2n) is 3.14. The van der Waals surface area contributed by atoms with Crippen molar-refractivity contribution in [2.75, 3.05) is 12.4 Å². The number of H-pyrrole nitrogens is 1. The lowest BCUT2D eigenvalue weighted by atomic mass is 10.3. The van der Waals surface area contributed by atoms with Crippen LogP contribution in [-0.2, 0) is 0 Å². The van der Waals surface area contributed by atoms with Crippen molar-refractivity contribution in [3.8, 4) is 5.75 Å². The first kappa shape index (κ1) is 11.4. The van der Waals surface area contributed by atoms with Crippen LogP contribution >= 0.6 is 11.6 Å². The third kappa shape index (κ3) is 2.54. The maximum Gasteiger partial charge on any atom is 0.292 e. The number of carbonyl (C=O) groups excluding carboxylic acids is 1. The molecule has 1 aromatic carbocycles. The molecule has 0 saturated heterocycles. The van der Waals surface area contributed by atoms with Crippen LogP contribution in [0.2, 0.25) is 5.02 Å². The van der Waals surface area contributed by atoms with Crippen LogP contribution in [0.25, 0.3) is 0 Å². The first-order chi connectivity index (χ1) is 8.20. The summed E-state index contributed by atoms with van der Waals surface area (Å²) in [6, 6.07) is 4.92. The van der Waals surface area contributed by atoms with Gasteiger partial charge in [-0.25, -0.2) is 4.98 Å². The summed E-state index contributed by atoms with van der Waals surface area (Å²) in [5.74, 6) is 0.243. The minimum Gasteiger partial charge on any atom is -0.495 e. The molecule has 7 heteroatoms. The van der Waals surface area contributed by atoms with Crippen molar-refractivity contribution in [2.24, 2.45) is 0 Å². The van der Waals surface area contributed by atoms with Gasteiger partial charge in [0.25, 0.3) is 5.91 Å². The predicted molar refractivity (Wildman–Crippen MR) is 62.3 cm³/mol. The van der Waals surface area contributed by atoms with Crippen LogP contribution in [0.5, 0.6) is 5.75 Å². The number of aromatic nitrogens is 3. The summed E-state index contributed by atoms with van der Waals surface area (Å²) in [5, 5.41) is 9.17. The molecule has 17 heavy (non-hydrogen) atoms. The Hall–Kier alpha value is -2.08. The van der Waals surface area contributed by atoms with Crippen LogP contribution in [0, 0.1) is 0 Å². The normalized spacial score (nSPS) is 10.0. The van der Waals surface area contributed by atoms with E-state index in [-0.39, 0.29) is 11.7 Å². The fourth-order valence-electron chi connectivity index (χ4n) is 1.24. The fraction of sp³-hybridized carbons (Fsp3) is 0.100. The van der Waals surface area contributed by atoms with Crippen molar-refractivity contribution in [2.45, 2.75) is 0 Å². The molecule has 1 aromatic heterocycles. The van der Waals surface area contributed by atoms with E-state index in [0.29, 0.717) is 16.5 Å². The van der Waals surface area contributed by atoms with Gasteiger partial charge in [-0.3, -0.25) is 9.89 Å². The largest absolute Gasteiger partial charge is 0.495 e. The van der Waals surface area contributed by atoms with E-state index in [2.05, 4.69) is 20.5 Å². The zero-order chi connectivity index (χ0) is 12.3. The van der Waals surface area contributed by atoms with E-state index >= 15 is 0 Å². The molecule has 2 aromatic rings. The first-order valence-corrected chi connectivity index (χ1v) is 5.09. The average molecular weight is 253 g/mol. The molecule has 6 nitrogen and oxygen atoms in total. The minimum atomic E-state index is -0.383. The van der Waals surface area contributed by atoms with Crippen LogP contribution in [0.3, 0.4) is 0 Å². The Labute approximate surface area is 102 Å². The SMILES string of the molecule is COc1cc(NC(=O)c2ncn[nH]2)ccc1Cl. The molecule has 1 amide bonds. The zero-order valence-corrected chi connectivity index (χ0v) is 9.65. The number of ether oxygens (including phenoxy) is 1.